The number of aliphatic hydroxyl groups excluding tert-OH is 2. The zero-order valence-electron chi connectivity index (χ0n) is 20.5. The molecule has 2 aliphatic heterocycles. The number of nitrogens with zero attached hydrogens (tertiary/aromatic N) is 4. The Morgan fingerprint density at radius 2 is 1.84 bits per heavy atom. The topological polar surface area (TPSA) is 111 Å². The van der Waals surface area contributed by atoms with Crippen LogP contribution in [0, 0.1) is 23.4 Å². The Hall–Kier alpha value is -2.54. The van der Waals surface area contributed by atoms with Gasteiger partial charge in [0.15, 0.2) is 17.5 Å². The summed E-state index contributed by atoms with van der Waals surface area (Å²) in [6.45, 7) is -0.449. The van der Waals surface area contributed by atoms with E-state index in [0.29, 0.717) is 18.8 Å². The first-order valence-electron chi connectivity index (χ1n) is 12.7. The molecule has 1 aliphatic carbocycles. The molecule has 3 aliphatic rings. The number of hydrogen-bond donors (Lipinski definition) is 2. The first-order valence-corrected chi connectivity index (χ1v) is 12.7. The molecule has 2 N–H and O–H groups in total. The van der Waals surface area contributed by atoms with Gasteiger partial charge in [0.05, 0.1) is 24.6 Å². The van der Waals surface area contributed by atoms with Crippen molar-refractivity contribution in [2.45, 2.75) is 81.5 Å². The second kappa shape index (κ2) is 11.1. The minimum absolute atomic E-state index is 0.0137. The van der Waals surface area contributed by atoms with Crippen LogP contribution in [0.4, 0.5) is 13.2 Å². The van der Waals surface area contributed by atoms with Crippen LogP contribution in [0.2, 0.25) is 0 Å². The summed E-state index contributed by atoms with van der Waals surface area (Å²) in [6, 6.07) is 0.806. The van der Waals surface area contributed by atoms with Crippen LogP contribution in [0.1, 0.15) is 51.0 Å². The third-order valence-electron chi connectivity index (χ3n) is 7.66. The van der Waals surface area contributed by atoms with E-state index in [9.17, 15) is 23.4 Å². The van der Waals surface area contributed by atoms with Crippen molar-refractivity contribution in [2.75, 3.05) is 13.7 Å². The summed E-state index contributed by atoms with van der Waals surface area (Å²) in [5.41, 5.74) is 1.14. The van der Waals surface area contributed by atoms with Gasteiger partial charge >= 0.3 is 0 Å². The SMILES string of the molecule is CO[C@@H]1[C@@H](n2cc(-c3cc(F)c(F)c(F)c3)nn2)[C@@H](O)[C@@H](CO)O[C@@H]1C[C@@H]1CC(C2CCCCC2)=NO1. The summed E-state index contributed by atoms with van der Waals surface area (Å²) in [5.74, 6) is -3.83. The van der Waals surface area contributed by atoms with Crippen molar-refractivity contribution in [3.8, 4) is 11.3 Å². The van der Waals surface area contributed by atoms with E-state index in [1.807, 2.05) is 0 Å². The fourth-order valence-corrected chi connectivity index (χ4v) is 5.73. The fraction of sp³-hybridized carbons (Fsp3) is 0.640. The molecule has 0 bridgehead atoms. The first kappa shape index (κ1) is 26.1. The third-order valence-corrected chi connectivity index (χ3v) is 7.66. The van der Waals surface area contributed by atoms with Crippen LogP contribution in [0.5, 0.6) is 0 Å². The van der Waals surface area contributed by atoms with Crippen LogP contribution in [-0.4, -0.2) is 75.2 Å². The molecule has 37 heavy (non-hydrogen) atoms. The summed E-state index contributed by atoms with van der Waals surface area (Å²) < 4.78 is 54.0. The summed E-state index contributed by atoms with van der Waals surface area (Å²) in [4.78, 5) is 5.74. The van der Waals surface area contributed by atoms with Crippen LogP contribution in [-0.2, 0) is 14.3 Å². The van der Waals surface area contributed by atoms with Crippen LogP contribution in [0.15, 0.2) is 23.5 Å². The lowest BCUT2D eigenvalue weighted by Crippen LogP contribution is -2.57. The predicted molar refractivity (Wildman–Crippen MR) is 125 cm³/mol. The highest BCUT2D eigenvalue weighted by molar-refractivity contribution is 5.87. The molecule has 1 saturated heterocycles. The quantitative estimate of drug-likeness (QED) is 0.536. The van der Waals surface area contributed by atoms with Crippen molar-refractivity contribution >= 4 is 5.71 Å². The second-order valence-corrected chi connectivity index (χ2v) is 10.00. The standard InChI is InChI=1S/C25H31F3N4O5/c1-35-25-20(10-15-9-18(30-37-15)13-5-3-2-4-6-13)36-21(12-33)24(34)23(25)32-11-19(29-31-32)14-7-16(26)22(28)17(27)8-14/h7-8,11,13,15,20-21,23-25,33-34H,2-6,9-10,12H2,1H3/t15-,20+,21+,23-,24-,25-/m0/s1. The fourth-order valence-electron chi connectivity index (χ4n) is 5.73. The van der Waals surface area contributed by atoms with E-state index in [2.05, 4.69) is 15.5 Å². The Morgan fingerprint density at radius 3 is 2.51 bits per heavy atom. The molecule has 1 aromatic carbocycles. The Morgan fingerprint density at radius 1 is 1.11 bits per heavy atom. The summed E-state index contributed by atoms with van der Waals surface area (Å²) >= 11 is 0. The van der Waals surface area contributed by atoms with Gasteiger partial charge in [-0.25, -0.2) is 17.9 Å². The maximum Gasteiger partial charge on any atom is 0.194 e. The molecule has 0 unspecified atom stereocenters. The molecule has 1 saturated carbocycles. The van der Waals surface area contributed by atoms with Gasteiger partial charge in [0.25, 0.3) is 0 Å². The summed E-state index contributed by atoms with van der Waals surface area (Å²) in [6.07, 6.45) is 4.69. The zero-order valence-corrected chi connectivity index (χ0v) is 20.5. The molecule has 0 radical (unpaired) electrons. The van der Waals surface area contributed by atoms with Crippen LogP contribution in [0.3, 0.4) is 0 Å². The van der Waals surface area contributed by atoms with Gasteiger partial charge in [0.2, 0.25) is 0 Å². The number of hydrogen-bond acceptors (Lipinski definition) is 8. The Kier molecular flexibility index (Phi) is 7.80. The largest absolute Gasteiger partial charge is 0.394 e. The van der Waals surface area contributed by atoms with E-state index in [1.165, 1.54) is 37.3 Å². The molecule has 0 spiro atoms. The van der Waals surface area contributed by atoms with Gasteiger partial charge in [-0.1, -0.05) is 29.6 Å². The number of halogens is 3. The maximum atomic E-state index is 13.8. The maximum absolute atomic E-state index is 13.8. The van der Waals surface area contributed by atoms with Gasteiger partial charge < -0.3 is 24.5 Å². The highest BCUT2D eigenvalue weighted by Gasteiger charge is 2.48. The first-order chi connectivity index (χ1) is 17.9. The number of oxime groups is 1. The number of aliphatic hydroxyl groups is 2. The van der Waals surface area contributed by atoms with Gasteiger partial charge in [0, 0.05) is 31.4 Å². The molecular weight excluding hydrogens is 493 g/mol. The van der Waals surface area contributed by atoms with E-state index in [1.54, 1.807) is 0 Å². The van der Waals surface area contributed by atoms with Crippen LogP contribution < -0.4 is 0 Å². The number of methoxy groups -OCH3 is 1. The Balaban J connectivity index is 1.34. The van der Waals surface area contributed by atoms with Crippen molar-refractivity contribution in [1.29, 1.82) is 0 Å². The number of ether oxygens (including phenoxy) is 2. The van der Waals surface area contributed by atoms with Gasteiger partial charge in [0.1, 0.15) is 36.2 Å². The average Bonchev–Trinajstić information content (AvgIpc) is 3.58. The number of rotatable bonds is 7. The van der Waals surface area contributed by atoms with Gasteiger partial charge in [-0.15, -0.1) is 5.10 Å². The van der Waals surface area contributed by atoms with Crippen molar-refractivity contribution in [2.24, 2.45) is 11.1 Å². The Labute approximate surface area is 212 Å². The lowest BCUT2D eigenvalue weighted by atomic mass is 9.83. The van der Waals surface area contributed by atoms with Crippen molar-refractivity contribution in [1.82, 2.24) is 15.0 Å². The van der Waals surface area contributed by atoms with E-state index in [0.717, 1.165) is 30.7 Å². The van der Waals surface area contributed by atoms with Crippen molar-refractivity contribution in [3.05, 3.63) is 35.8 Å². The van der Waals surface area contributed by atoms with Gasteiger partial charge in [-0.3, -0.25) is 0 Å². The molecule has 6 atom stereocenters. The molecule has 5 rings (SSSR count). The number of benzene rings is 1. The average molecular weight is 525 g/mol. The lowest BCUT2D eigenvalue weighted by molar-refractivity contribution is -0.219. The second-order valence-electron chi connectivity index (χ2n) is 10.00. The van der Waals surface area contributed by atoms with Crippen molar-refractivity contribution in [3.63, 3.8) is 0 Å². The summed E-state index contributed by atoms with van der Waals surface area (Å²) in [7, 11) is 1.47. The van der Waals surface area contributed by atoms with E-state index in [-0.39, 0.29) is 17.4 Å². The molecule has 2 fully saturated rings. The molecule has 2 aromatic rings. The predicted octanol–water partition coefficient (Wildman–Crippen LogP) is 3.15. The van der Waals surface area contributed by atoms with E-state index < -0.39 is 54.5 Å². The minimum atomic E-state index is -1.58. The molecular formula is C25H31F3N4O5. The third kappa shape index (κ3) is 5.25. The van der Waals surface area contributed by atoms with E-state index >= 15 is 0 Å². The van der Waals surface area contributed by atoms with E-state index in [4.69, 9.17) is 14.3 Å². The molecule has 12 heteroatoms. The van der Waals surface area contributed by atoms with Crippen LogP contribution in [0.25, 0.3) is 11.3 Å². The molecule has 1 aromatic heterocycles. The molecule has 3 heterocycles. The van der Waals surface area contributed by atoms with Crippen molar-refractivity contribution < 1.29 is 37.7 Å². The zero-order chi connectivity index (χ0) is 26.1. The normalized spacial score (nSPS) is 30.8. The smallest absolute Gasteiger partial charge is 0.194 e. The molecule has 0 amide bonds. The van der Waals surface area contributed by atoms with Gasteiger partial charge in [-0.05, 0) is 25.0 Å². The highest BCUT2D eigenvalue weighted by atomic mass is 19.2. The summed E-state index contributed by atoms with van der Waals surface area (Å²) in [5, 5.41) is 33.3. The highest BCUT2D eigenvalue weighted by Crippen LogP contribution is 2.37. The van der Waals surface area contributed by atoms with Crippen LogP contribution >= 0.6 is 0 Å². The monoisotopic (exact) mass is 524 g/mol. The number of aromatic nitrogens is 3. The lowest BCUT2D eigenvalue weighted by Gasteiger charge is -2.44. The molecule has 202 valence electrons. The Bertz CT molecular complexity index is 1100. The minimum Gasteiger partial charge on any atom is -0.394 e. The molecule has 9 nitrogen and oxygen atoms in total. The van der Waals surface area contributed by atoms with Gasteiger partial charge in [-0.2, -0.15) is 0 Å².